The van der Waals surface area contributed by atoms with Gasteiger partial charge in [-0.05, 0) is 18.6 Å². The molecule has 1 heterocycles. The maximum absolute atomic E-state index is 11.1. The Hall–Kier alpha value is -1.29. The van der Waals surface area contributed by atoms with Gasteiger partial charge in [-0.3, -0.25) is 0 Å². The number of carboxylic acid groups (broad SMARTS) is 1. The normalized spacial score (nSPS) is 10.9. The van der Waals surface area contributed by atoms with E-state index < -0.39 is 5.97 Å². The summed E-state index contributed by atoms with van der Waals surface area (Å²) < 4.78 is 2.95. The molecule has 1 aromatic carbocycles. The van der Waals surface area contributed by atoms with Crippen LogP contribution >= 0.6 is 15.9 Å². The van der Waals surface area contributed by atoms with E-state index in [0.29, 0.717) is 5.56 Å². The van der Waals surface area contributed by atoms with Crippen LogP contribution in [0.1, 0.15) is 23.7 Å². The largest absolute Gasteiger partial charge is 0.478 e. The lowest BCUT2D eigenvalue weighted by atomic mass is 10.2. The highest BCUT2D eigenvalue weighted by atomic mass is 79.9. The van der Waals surface area contributed by atoms with Gasteiger partial charge in [0, 0.05) is 22.6 Å². The second-order valence-corrected chi connectivity index (χ2v) is 4.62. The monoisotopic (exact) mass is 281 g/mol. The predicted octanol–water partition coefficient (Wildman–Crippen LogP) is 3.51. The number of carboxylic acids is 1. The molecule has 1 N–H and O–H groups in total. The molecule has 0 saturated carbocycles. The first-order valence-corrected chi connectivity index (χ1v) is 5.94. The SMILES string of the molecule is CCCn1cc(C(=O)O)c2ccc(Br)cc21. The van der Waals surface area contributed by atoms with E-state index >= 15 is 0 Å². The number of hydrogen-bond acceptors (Lipinski definition) is 1. The Bertz CT molecular complexity index is 545. The van der Waals surface area contributed by atoms with Crippen LogP contribution in [0.15, 0.2) is 28.9 Å². The molecule has 0 radical (unpaired) electrons. The number of aromatic carboxylic acids is 1. The number of benzene rings is 1. The highest BCUT2D eigenvalue weighted by Crippen LogP contribution is 2.25. The molecule has 0 bridgehead atoms. The molecule has 0 saturated heterocycles. The van der Waals surface area contributed by atoms with Crippen molar-refractivity contribution in [3.05, 3.63) is 34.4 Å². The molecule has 0 amide bonds. The minimum atomic E-state index is -0.873. The molecular weight excluding hydrogens is 270 g/mol. The van der Waals surface area contributed by atoms with Gasteiger partial charge in [-0.15, -0.1) is 0 Å². The Morgan fingerprint density at radius 1 is 1.50 bits per heavy atom. The van der Waals surface area contributed by atoms with E-state index in [2.05, 4.69) is 22.9 Å². The number of halogens is 1. The van der Waals surface area contributed by atoms with E-state index in [1.165, 1.54) is 0 Å². The van der Waals surface area contributed by atoms with E-state index in [-0.39, 0.29) is 0 Å². The maximum Gasteiger partial charge on any atom is 0.337 e. The summed E-state index contributed by atoms with van der Waals surface area (Å²) in [6.07, 6.45) is 2.69. The van der Waals surface area contributed by atoms with Crippen LogP contribution in [0, 0.1) is 0 Å². The third-order valence-electron chi connectivity index (χ3n) is 2.54. The topological polar surface area (TPSA) is 42.2 Å². The minimum absolute atomic E-state index is 0.371. The molecule has 2 rings (SSSR count). The van der Waals surface area contributed by atoms with Gasteiger partial charge >= 0.3 is 5.97 Å². The fourth-order valence-electron chi connectivity index (χ4n) is 1.86. The predicted molar refractivity (Wildman–Crippen MR) is 66.9 cm³/mol. The average Bonchev–Trinajstić information content (AvgIpc) is 2.58. The van der Waals surface area contributed by atoms with Crippen LogP contribution < -0.4 is 0 Å². The standard InChI is InChI=1S/C12H12BrNO2/c1-2-5-14-7-10(12(15)16)9-4-3-8(13)6-11(9)14/h3-4,6-7H,2,5H2,1H3,(H,15,16). The molecular formula is C12H12BrNO2. The molecule has 0 aliphatic rings. The Morgan fingerprint density at radius 3 is 2.88 bits per heavy atom. The summed E-state index contributed by atoms with van der Waals surface area (Å²) in [7, 11) is 0. The zero-order chi connectivity index (χ0) is 11.7. The van der Waals surface area contributed by atoms with Gasteiger partial charge in [0.25, 0.3) is 0 Å². The van der Waals surface area contributed by atoms with E-state index in [9.17, 15) is 4.79 Å². The summed E-state index contributed by atoms with van der Waals surface area (Å²) in [6.45, 7) is 2.91. The average molecular weight is 282 g/mol. The van der Waals surface area contributed by atoms with Crippen molar-refractivity contribution < 1.29 is 9.90 Å². The third kappa shape index (κ3) is 1.85. The molecule has 2 aromatic rings. The Balaban J connectivity index is 2.71. The Morgan fingerprint density at radius 2 is 2.25 bits per heavy atom. The smallest absolute Gasteiger partial charge is 0.337 e. The van der Waals surface area contributed by atoms with Crippen LogP contribution in [0.2, 0.25) is 0 Å². The third-order valence-corrected chi connectivity index (χ3v) is 3.03. The van der Waals surface area contributed by atoms with Crippen molar-refractivity contribution >= 4 is 32.8 Å². The number of rotatable bonds is 3. The van der Waals surface area contributed by atoms with Gasteiger partial charge in [0.1, 0.15) is 0 Å². The molecule has 0 aliphatic carbocycles. The number of nitrogens with zero attached hydrogens (tertiary/aromatic N) is 1. The molecule has 0 unspecified atom stereocenters. The van der Waals surface area contributed by atoms with E-state index in [1.807, 2.05) is 22.8 Å². The quantitative estimate of drug-likeness (QED) is 0.936. The molecule has 84 valence electrons. The fourth-order valence-corrected chi connectivity index (χ4v) is 2.21. The Kier molecular flexibility index (Phi) is 3.01. The summed E-state index contributed by atoms with van der Waals surface area (Å²) in [5.74, 6) is -0.873. The fraction of sp³-hybridized carbons (Fsp3) is 0.250. The molecule has 4 heteroatoms. The number of carbonyl (C=O) groups is 1. The molecule has 0 spiro atoms. The van der Waals surface area contributed by atoms with Gasteiger partial charge in [-0.2, -0.15) is 0 Å². The summed E-state index contributed by atoms with van der Waals surface area (Å²) in [4.78, 5) is 11.1. The lowest BCUT2D eigenvalue weighted by Crippen LogP contribution is -1.96. The van der Waals surface area contributed by atoms with Gasteiger partial charge in [-0.1, -0.05) is 28.9 Å². The first-order chi connectivity index (χ1) is 7.63. The van der Waals surface area contributed by atoms with E-state index in [4.69, 9.17) is 5.11 Å². The maximum atomic E-state index is 11.1. The highest BCUT2D eigenvalue weighted by molar-refractivity contribution is 9.10. The van der Waals surface area contributed by atoms with Crippen molar-refractivity contribution in [2.75, 3.05) is 0 Å². The molecule has 0 fully saturated rings. The molecule has 16 heavy (non-hydrogen) atoms. The summed E-state index contributed by atoms with van der Waals surface area (Å²) in [5, 5.41) is 9.90. The summed E-state index contributed by atoms with van der Waals surface area (Å²) in [5.41, 5.74) is 1.34. The number of aryl methyl sites for hydroxylation is 1. The number of fused-ring (bicyclic) bond motifs is 1. The van der Waals surface area contributed by atoms with Gasteiger partial charge in [0.05, 0.1) is 11.1 Å². The van der Waals surface area contributed by atoms with Gasteiger partial charge in [0.2, 0.25) is 0 Å². The Labute approximate surface area is 102 Å². The number of aromatic nitrogens is 1. The van der Waals surface area contributed by atoms with Crippen molar-refractivity contribution in [2.45, 2.75) is 19.9 Å². The second kappa shape index (κ2) is 4.29. The van der Waals surface area contributed by atoms with Crippen molar-refractivity contribution in [3.8, 4) is 0 Å². The van der Waals surface area contributed by atoms with Crippen LogP contribution in [0.25, 0.3) is 10.9 Å². The molecule has 0 aliphatic heterocycles. The van der Waals surface area contributed by atoms with Crippen LogP contribution in [0.3, 0.4) is 0 Å². The minimum Gasteiger partial charge on any atom is -0.478 e. The van der Waals surface area contributed by atoms with Crippen molar-refractivity contribution in [2.24, 2.45) is 0 Å². The first kappa shape index (κ1) is 11.2. The highest BCUT2D eigenvalue weighted by Gasteiger charge is 2.13. The van der Waals surface area contributed by atoms with Gasteiger partial charge in [0.15, 0.2) is 0 Å². The van der Waals surface area contributed by atoms with Crippen LogP contribution in [-0.2, 0) is 6.54 Å². The molecule has 0 atom stereocenters. The van der Waals surface area contributed by atoms with Crippen LogP contribution in [0.5, 0.6) is 0 Å². The number of hydrogen-bond donors (Lipinski definition) is 1. The van der Waals surface area contributed by atoms with E-state index in [1.54, 1.807) is 6.20 Å². The van der Waals surface area contributed by atoms with Crippen LogP contribution in [0.4, 0.5) is 0 Å². The zero-order valence-corrected chi connectivity index (χ0v) is 10.5. The molecule has 1 aromatic heterocycles. The summed E-state index contributed by atoms with van der Waals surface area (Å²) in [6, 6.07) is 5.66. The van der Waals surface area contributed by atoms with Crippen LogP contribution in [-0.4, -0.2) is 15.6 Å². The zero-order valence-electron chi connectivity index (χ0n) is 8.90. The van der Waals surface area contributed by atoms with Crippen molar-refractivity contribution in [1.82, 2.24) is 4.57 Å². The lowest BCUT2D eigenvalue weighted by Gasteiger charge is -2.02. The lowest BCUT2D eigenvalue weighted by molar-refractivity contribution is 0.0699. The van der Waals surface area contributed by atoms with Gasteiger partial charge < -0.3 is 9.67 Å². The van der Waals surface area contributed by atoms with E-state index in [0.717, 1.165) is 28.3 Å². The van der Waals surface area contributed by atoms with Crippen molar-refractivity contribution in [1.29, 1.82) is 0 Å². The second-order valence-electron chi connectivity index (χ2n) is 3.70. The van der Waals surface area contributed by atoms with Crippen molar-refractivity contribution in [3.63, 3.8) is 0 Å². The molecule has 3 nitrogen and oxygen atoms in total. The first-order valence-electron chi connectivity index (χ1n) is 5.15. The van der Waals surface area contributed by atoms with Gasteiger partial charge in [-0.25, -0.2) is 4.79 Å². The summed E-state index contributed by atoms with van der Waals surface area (Å²) >= 11 is 3.40.